The molecule has 36 heavy (non-hydrogen) atoms. The van der Waals surface area contributed by atoms with Crippen LogP contribution >= 0.6 is 0 Å². The second-order valence-electron chi connectivity index (χ2n) is 7.71. The molecule has 0 unspecified atom stereocenters. The van der Waals surface area contributed by atoms with Crippen LogP contribution in [0.1, 0.15) is 31.2 Å². The quantitative estimate of drug-likeness (QED) is 0.248. The number of nitriles is 1. The van der Waals surface area contributed by atoms with Crippen LogP contribution in [0.3, 0.4) is 0 Å². The molecule has 194 valence electrons. The average Bonchev–Trinajstić information content (AvgIpc) is 2.88. The Morgan fingerprint density at radius 2 is 1.61 bits per heavy atom. The number of carbonyl (C=O) groups is 3. The molecule has 11 heteroatoms. The first kappa shape index (κ1) is 28.5. The summed E-state index contributed by atoms with van der Waals surface area (Å²) in [6.45, 7) is 6.51. The normalized spacial score (nSPS) is 23.0. The van der Waals surface area contributed by atoms with Gasteiger partial charge in [0.05, 0.1) is 18.2 Å². The van der Waals surface area contributed by atoms with Crippen molar-refractivity contribution in [3.63, 3.8) is 0 Å². The standard InChI is InChI=1S/C25H30N2O9/c1-4-6-8-19(29)34-22-21(36-25(31)27-17-12-10-16(14-26)11-13-17)18(15-28)33-24(32-3)23(22)35-20(30)9-7-5-2/h4-5,10-13,18,21-24,28H,1-2,6-9,15H2,3H3,(H,27,31)/t18-,21-,22+,23+,24+/m1/s1. The molecule has 11 nitrogen and oxygen atoms in total. The highest BCUT2D eigenvalue weighted by atomic mass is 16.7. The van der Waals surface area contributed by atoms with Crippen molar-refractivity contribution < 1.29 is 43.2 Å². The number of esters is 2. The predicted molar refractivity (Wildman–Crippen MR) is 126 cm³/mol. The molecule has 1 fully saturated rings. The number of nitrogens with zero attached hydrogens (tertiary/aromatic N) is 1. The lowest BCUT2D eigenvalue weighted by molar-refractivity contribution is -0.299. The van der Waals surface area contributed by atoms with E-state index in [2.05, 4.69) is 18.5 Å². The second-order valence-corrected chi connectivity index (χ2v) is 7.71. The van der Waals surface area contributed by atoms with Crippen LogP contribution in [0.25, 0.3) is 0 Å². The van der Waals surface area contributed by atoms with E-state index in [1.54, 1.807) is 6.08 Å². The molecular weight excluding hydrogens is 472 g/mol. The van der Waals surface area contributed by atoms with E-state index >= 15 is 0 Å². The van der Waals surface area contributed by atoms with Crippen LogP contribution in [-0.2, 0) is 33.3 Å². The fourth-order valence-electron chi connectivity index (χ4n) is 3.38. The zero-order valence-corrected chi connectivity index (χ0v) is 20.0. The molecule has 1 aliphatic rings. The molecule has 1 saturated heterocycles. The molecule has 0 aliphatic carbocycles. The van der Waals surface area contributed by atoms with E-state index in [-0.39, 0.29) is 12.8 Å². The molecule has 0 aromatic heterocycles. The highest BCUT2D eigenvalue weighted by molar-refractivity contribution is 5.84. The number of anilines is 1. The number of nitrogens with one attached hydrogen (secondary N) is 1. The third kappa shape index (κ3) is 8.20. The van der Waals surface area contributed by atoms with E-state index in [0.717, 1.165) is 0 Å². The Kier molecular flexibility index (Phi) is 11.6. The summed E-state index contributed by atoms with van der Waals surface area (Å²) < 4.78 is 27.5. The van der Waals surface area contributed by atoms with Crippen LogP contribution in [0.15, 0.2) is 49.6 Å². The maximum atomic E-state index is 12.7. The fourth-order valence-corrected chi connectivity index (χ4v) is 3.38. The Bertz CT molecular complexity index is 957. The largest absolute Gasteiger partial charge is 0.454 e. The summed E-state index contributed by atoms with van der Waals surface area (Å²) in [7, 11) is 1.29. The van der Waals surface area contributed by atoms with Crippen molar-refractivity contribution in [1.29, 1.82) is 5.26 Å². The van der Waals surface area contributed by atoms with Crippen molar-refractivity contribution in [1.82, 2.24) is 0 Å². The van der Waals surface area contributed by atoms with E-state index in [1.165, 1.54) is 37.5 Å². The highest BCUT2D eigenvalue weighted by Gasteiger charge is 2.52. The molecule has 1 aromatic rings. The summed E-state index contributed by atoms with van der Waals surface area (Å²) in [6.07, 6.45) is -3.61. The van der Waals surface area contributed by atoms with Crippen molar-refractivity contribution in [2.75, 3.05) is 19.0 Å². The van der Waals surface area contributed by atoms with Crippen LogP contribution in [-0.4, -0.2) is 67.6 Å². The highest BCUT2D eigenvalue weighted by Crippen LogP contribution is 2.30. The zero-order chi connectivity index (χ0) is 26.5. The first-order valence-corrected chi connectivity index (χ1v) is 11.2. The molecule has 1 aromatic carbocycles. The van der Waals surface area contributed by atoms with Crippen LogP contribution in [0.2, 0.25) is 0 Å². The maximum absolute atomic E-state index is 12.7. The van der Waals surface area contributed by atoms with Crippen LogP contribution in [0.5, 0.6) is 0 Å². The van der Waals surface area contributed by atoms with Crippen molar-refractivity contribution >= 4 is 23.7 Å². The van der Waals surface area contributed by atoms with Gasteiger partial charge in [-0.2, -0.15) is 5.26 Å². The molecule has 2 N–H and O–H groups in total. The number of allylic oxidation sites excluding steroid dienone is 2. The van der Waals surface area contributed by atoms with Crippen LogP contribution in [0, 0.1) is 11.3 Å². The molecule has 0 bridgehead atoms. The van der Waals surface area contributed by atoms with Crippen LogP contribution in [0.4, 0.5) is 10.5 Å². The summed E-state index contributed by atoms with van der Waals surface area (Å²) in [4.78, 5) is 37.6. The van der Waals surface area contributed by atoms with Crippen molar-refractivity contribution in [2.45, 2.75) is 56.4 Å². The topological polar surface area (TPSA) is 153 Å². The Morgan fingerprint density at radius 3 is 2.11 bits per heavy atom. The number of benzene rings is 1. The lowest BCUT2D eigenvalue weighted by atomic mass is 9.98. The van der Waals surface area contributed by atoms with E-state index in [1.807, 2.05) is 6.07 Å². The van der Waals surface area contributed by atoms with Gasteiger partial charge in [-0.15, -0.1) is 13.2 Å². The Morgan fingerprint density at radius 1 is 1.03 bits per heavy atom. The predicted octanol–water partition coefficient (Wildman–Crippen LogP) is 2.59. The minimum Gasteiger partial charge on any atom is -0.454 e. The number of carbonyl (C=O) groups excluding carboxylic acids is 3. The smallest absolute Gasteiger partial charge is 0.412 e. The molecule has 0 spiro atoms. The number of ether oxygens (including phenoxy) is 5. The van der Waals surface area contributed by atoms with E-state index < -0.39 is 55.3 Å². The zero-order valence-electron chi connectivity index (χ0n) is 20.0. The molecule has 1 heterocycles. The van der Waals surface area contributed by atoms with Gasteiger partial charge in [0.25, 0.3) is 0 Å². The van der Waals surface area contributed by atoms with Gasteiger partial charge in [0.2, 0.25) is 0 Å². The van der Waals surface area contributed by atoms with Gasteiger partial charge in [-0.1, -0.05) is 12.2 Å². The third-order valence-corrected chi connectivity index (χ3v) is 5.15. The number of aliphatic hydroxyl groups is 1. The van der Waals surface area contributed by atoms with Gasteiger partial charge < -0.3 is 28.8 Å². The van der Waals surface area contributed by atoms with Gasteiger partial charge in [-0.25, -0.2) is 4.79 Å². The first-order valence-electron chi connectivity index (χ1n) is 11.2. The lowest BCUT2D eigenvalue weighted by Gasteiger charge is -2.43. The van der Waals surface area contributed by atoms with Gasteiger partial charge in [0.15, 0.2) is 24.6 Å². The summed E-state index contributed by atoms with van der Waals surface area (Å²) in [5, 5.41) is 21.3. The molecule has 2 rings (SSSR count). The van der Waals surface area contributed by atoms with E-state index in [4.69, 9.17) is 28.9 Å². The van der Waals surface area contributed by atoms with Crippen molar-refractivity contribution in [3.8, 4) is 6.07 Å². The fraction of sp³-hybridized carbons (Fsp3) is 0.440. The number of aliphatic hydroxyl groups excluding tert-OH is 1. The molecule has 0 saturated carbocycles. The lowest BCUT2D eigenvalue weighted by Crippen LogP contribution is -2.62. The molecule has 5 atom stereocenters. The van der Waals surface area contributed by atoms with Crippen molar-refractivity contribution in [2.24, 2.45) is 0 Å². The minimum absolute atomic E-state index is 0.00168. The SMILES string of the molecule is C=CCCC(=O)O[C@@H]1[C@H](OC(=O)CCC=C)[C@@H](OC)O[C@H](CO)[C@H]1OC(=O)Nc1ccc(C#N)cc1. The number of hydrogen-bond acceptors (Lipinski definition) is 10. The second kappa shape index (κ2) is 14.6. The Balaban J connectivity index is 2.30. The molecule has 1 amide bonds. The molecular formula is C25H30N2O9. The maximum Gasteiger partial charge on any atom is 0.412 e. The van der Waals surface area contributed by atoms with E-state index in [0.29, 0.717) is 24.1 Å². The minimum atomic E-state index is -1.36. The number of methoxy groups -OCH3 is 1. The molecule has 1 aliphatic heterocycles. The average molecular weight is 503 g/mol. The number of hydrogen-bond donors (Lipinski definition) is 2. The number of amides is 1. The summed E-state index contributed by atoms with van der Waals surface area (Å²) in [6, 6.07) is 7.97. The Hall–Kier alpha value is -3.72. The summed E-state index contributed by atoms with van der Waals surface area (Å²) in [5.41, 5.74) is 0.728. The summed E-state index contributed by atoms with van der Waals surface area (Å²) in [5.74, 6) is -1.30. The van der Waals surface area contributed by atoms with Crippen molar-refractivity contribution in [3.05, 3.63) is 55.1 Å². The van der Waals surface area contributed by atoms with Crippen LogP contribution < -0.4 is 5.32 Å². The molecule has 0 radical (unpaired) electrons. The van der Waals surface area contributed by atoms with Gasteiger partial charge in [-0.05, 0) is 37.1 Å². The van der Waals surface area contributed by atoms with Gasteiger partial charge in [-0.3, -0.25) is 14.9 Å². The monoisotopic (exact) mass is 502 g/mol. The van der Waals surface area contributed by atoms with Gasteiger partial charge in [0.1, 0.15) is 6.10 Å². The van der Waals surface area contributed by atoms with Gasteiger partial charge in [0, 0.05) is 25.6 Å². The first-order chi connectivity index (χ1) is 17.4. The number of rotatable bonds is 12. The Labute approximate surface area is 209 Å². The summed E-state index contributed by atoms with van der Waals surface area (Å²) >= 11 is 0. The third-order valence-electron chi connectivity index (χ3n) is 5.15. The van der Waals surface area contributed by atoms with E-state index in [9.17, 15) is 19.5 Å². The van der Waals surface area contributed by atoms with Gasteiger partial charge >= 0.3 is 18.0 Å².